The minimum Gasteiger partial charge on any atom is -0.484 e. The number of aryl methyl sites for hydroxylation is 2. The van der Waals surface area contributed by atoms with Crippen LogP contribution < -0.4 is 14.8 Å². The molecule has 0 spiro atoms. The maximum absolute atomic E-state index is 14.4. The number of amides is 2. The van der Waals surface area contributed by atoms with Crippen LogP contribution in [-0.2, 0) is 27.4 Å². The number of hydrogen-bond acceptors (Lipinski definition) is 10. The van der Waals surface area contributed by atoms with Gasteiger partial charge in [-0.1, -0.05) is 40.5 Å². The number of carbonyl (C=O) groups is 3. The molecule has 2 bridgehead atoms. The van der Waals surface area contributed by atoms with Gasteiger partial charge in [0.25, 0.3) is 0 Å². The third kappa shape index (κ3) is 7.58. The van der Waals surface area contributed by atoms with E-state index < -0.39 is 35.3 Å². The number of benzene rings is 1. The largest absolute Gasteiger partial charge is 0.484 e. The summed E-state index contributed by atoms with van der Waals surface area (Å²) in [6.07, 6.45) is 7.76. The van der Waals surface area contributed by atoms with Gasteiger partial charge in [0.2, 0.25) is 17.7 Å². The summed E-state index contributed by atoms with van der Waals surface area (Å²) in [6.45, 7) is 13.3. The number of aromatic nitrogens is 3. The molecule has 3 aliphatic rings. The lowest BCUT2D eigenvalue weighted by molar-refractivity contribution is -0.141. The minimum absolute atomic E-state index is 0.146. The molecular weight excluding hydrogens is 638 g/mol. The lowest BCUT2D eigenvalue weighted by atomic mass is 9.85. The highest BCUT2D eigenvalue weighted by Crippen LogP contribution is 2.42. The number of hydrogen-bond donors (Lipinski definition) is 1. The topological polar surface area (TPSA) is 146 Å². The average Bonchev–Trinajstić information content (AvgIpc) is 3.73. The number of Topliss-reactive ketones (excluding diaryl/α,β-unsaturated/α-hetero) is 1. The maximum atomic E-state index is 14.4. The summed E-state index contributed by atoms with van der Waals surface area (Å²) in [5.41, 5.74) is 0.808. The van der Waals surface area contributed by atoms with Crippen LogP contribution in [0.5, 0.6) is 11.6 Å². The quantitative estimate of drug-likeness (QED) is 0.322. The summed E-state index contributed by atoms with van der Waals surface area (Å²) in [7, 11) is 0. The maximum Gasteiger partial charge on any atom is 0.408 e. The van der Waals surface area contributed by atoms with Crippen LogP contribution in [0.4, 0.5) is 4.79 Å². The second-order valence-electron chi connectivity index (χ2n) is 15.7. The number of rotatable bonds is 4. The number of oxazole rings is 1. The van der Waals surface area contributed by atoms with E-state index in [2.05, 4.69) is 10.3 Å². The third-order valence-electron chi connectivity index (χ3n) is 10.7. The molecule has 12 heteroatoms. The molecule has 1 aliphatic carbocycles. The fraction of sp³-hybridized carbons (Fsp3) is 0.632. The highest BCUT2D eigenvalue weighted by molar-refractivity contribution is 5.92. The van der Waals surface area contributed by atoms with Crippen molar-refractivity contribution in [3.8, 4) is 11.6 Å². The fourth-order valence-electron chi connectivity index (χ4n) is 7.91. The lowest BCUT2D eigenvalue weighted by Crippen LogP contribution is -2.57. The number of ether oxygens (including phenoxy) is 3. The van der Waals surface area contributed by atoms with Gasteiger partial charge in [0, 0.05) is 12.0 Å². The Labute approximate surface area is 294 Å². The van der Waals surface area contributed by atoms with Crippen molar-refractivity contribution < 1.29 is 33.0 Å². The van der Waals surface area contributed by atoms with Crippen LogP contribution in [0.15, 0.2) is 28.8 Å². The van der Waals surface area contributed by atoms with Crippen molar-refractivity contribution in [2.75, 3.05) is 6.54 Å². The number of ketones is 1. The SMILES string of the molecule is CC(=O)[C@@H]1[C@H](C)[C@@H]2CN1C(=O)[C@H](C(C)(C)C)NC(=O)O[C@]1(C)CCC[C@H]1CCCCCc1nc3ccc(OCc4ncc(C)o4)cc3nc1O2. The molecule has 4 heterocycles. The van der Waals surface area contributed by atoms with E-state index in [-0.39, 0.29) is 36.7 Å². The van der Waals surface area contributed by atoms with Crippen LogP contribution in [0.2, 0.25) is 0 Å². The van der Waals surface area contributed by atoms with Gasteiger partial charge in [-0.25, -0.2) is 19.7 Å². The molecule has 0 unspecified atom stereocenters. The van der Waals surface area contributed by atoms with Gasteiger partial charge in [-0.3, -0.25) is 9.59 Å². The molecule has 3 aromatic rings. The standard InChI is InChI=1S/C38H51N5O7/c1-22-19-39-31(48-22)21-47-26-15-16-27-29(18-26)41-34-28(40-27)14-10-8-9-12-25-13-11-17-38(25,7)50-36(46)42-33(37(4,5)6)35(45)43-20-30(49-34)23(2)32(43)24(3)44/h15-16,18-19,23,25,30,32-33H,8-14,17,20-21H2,1-7H3,(H,42,46)/t23-,25-,30+,32+,33-,38-/m1/s1. The summed E-state index contributed by atoms with van der Waals surface area (Å²) in [6, 6.07) is 3.91. The zero-order chi connectivity index (χ0) is 35.8. The Morgan fingerprint density at radius 3 is 2.60 bits per heavy atom. The van der Waals surface area contributed by atoms with Crippen LogP contribution in [0.3, 0.4) is 0 Å². The van der Waals surface area contributed by atoms with Gasteiger partial charge in [-0.15, -0.1) is 0 Å². The Balaban J connectivity index is 1.34. The predicted molar refractivity (Wildman–Crippen MR) is 186 cm³/mol. The predicted octanol–water partition coefficient (Wildman–Crippen LogP) is 6.50. The zero-order valence-electron chi connectivity index (χ0n) is 30.4. The first kappa shape index (κ1) is 35.6. The number of nitrogens with one attached hydrogen (secondary N) is 1. The average molecular weight is 690 g/mol. The summed E-state index contributed by atoms with van der Waals surface area (Å²) in [5, 5.41) is 2.92. The first-order valence-electron chi connectivity index (χ1n) is 18.0. The van der Waals surface area contributed by atoms with Gasteiger partial charge in [0.05, 0.1) is 29.8 Å². The van der Waals surface area contributed by atoms with E-state index in [0.717, 1.165) is 50.6 Å². The van der Waals surface area contributed by atoms with Crippen molar-refractivity contribution in [3.63, 3.8) is 0 Å². The van der Waals surface area contributed by atoms with Crippen molar-refractivity contribution in [2.45, 2.75) is 130 Å². The molecular formula is C38H51N5O7. The zero-order valence-corrected chi connectivity index (χ0v) is 30.4. The molecule has 6 atom stereocenters. The molecule has 50 heavy (non-hydrogen) atoms. The van der Waals surface area contributed by atoms with Gasteiger partial charge >= 0.3 is 6.09 Å². The van der Waals surface area contributed by atoms with Crippen LogP contribution in [0.1, 0.15) is 104 Å². The molecule has 12 nitrogen and oxygen atoms in total. The van der Waals surface area contributed by atoms with E-state index in [1.165, 1.54) is 6.92 Å². The van der Waals surface area contributed by atoms with Crippen molar-refractivity contribution in [3.05, 3.63) is 41.7 Å². The van der Waals surface area contributed by atoms with Crippen LogP contribution in [-0.4, -0.2) is 68.0 Å². The van der Waals surface area contributed by atoms with Crippen molar-refractivity contribution in [1.29, 1.82) is 0 Å². The Bertz CT molecular complexity index is 1730. The second-order valence-corrected chi connectivity index (χ2v) is 15.7. The summed E-state index contributed by atoms with van der Waals surface area (Å²) < 4.78 is 24.3. The Hall–Kier alpha value is -4.22. The molecule has 6 rings (SSSR count). The van der Waals surface area contributed by atoms with Gasteiger partial charge in [0.15, 0.2) is 12.4 Å². The molecule has 1 aromatic carbocycles. The second kappa shape index (κ2) is 14.2. The minimum atomic E-state index is -0.917. The van der Waals surface area contributed by atoms with Crippen molar-refractivity contribution >= 4 is 28.8 Å². The number of fused-ring (bicyclic) bond motifs is 5. The van der Waals surface area contributed by atoms with Crippen LogP contribution in [0.25, 0.3) is 11.0 Å². The van der Waals surface area contributed by atoms with E-state index >= 15 is 0 Å². The molecule has 2 fully saturated rings. The molecule has 1 N–H and O–H groups in total. The van der Waals surface area contributed by atoms with E-state index in [1.807, 2.05) is 59.7 Å². The lowest BCUT2D eigenvalue weighted by Gasteiger charge is -2.37. The van der Waals surface area contributed by atoms with Crippen LogP contribution >= 0.6 is 0 Å². The molecule has 2 amide bonds. The highest BCUT2D eigenvalue weighted by Gasteiger charge is 2.50. The van der Waals surface area contributed by atoms with Gasteiger partial charge in [-0.05, 0) is 82.8 Å². The van der Waals surface area contributed by atoms with Crippen molar-refractivity contribution in [2.24, 2.45) is 17.3 Å². The first-order chi connectivity index (χ1) is 23.7. The fourth-order valence-corrected chi connectivity index (χ4v) is 7.91. The number of carbonyl (C=O) groups excluding carboxylic acids is 3. The number of nitrogens with zero attached hydrogens (tertiary/aromatic N) is 4. The Morgan fingerprint density at radius 2 is 1.88 bits per heavy atom. The van der Waals surface area contributed by atoms with E-state index in [9.17, 15) is 14.4 Å². The normalized spacial score (nSPS) is 28.1. The third-order valence-corrected chi connectivity index (χ3v) is 10.7. The number of alkyl carbamates (subject to hydrolysis) is 1. The van der Waals surface area contributed by atoms with Crippen molar-refractivity contribution in [1.82, 2.24) is 25.2 Å². The summed E-state index contributed by atoms with van der Waals surface area (Å²) >= 11 is 0. The summed E-state index contributed by atoms with van der Waals surface area (Å²) in [4.78, 5) is 56.7. The van der Waals surface area contributed by atoms with Crippen LogP contribution in [0, 0.1) is 24.2 Å². The smallest absolute Gasteiger partial charge is 0.408 e. The Kier molecular flexibility index (Phi) is 10.1. The first-order valence-corrected chi connectivity index (χ1v) is 18.0. The molecule has 2 aliphatic heterocycles. The van der Waals surface area contributed by atoms with Gasteiger partial charge in [-0.2, -0.15) is 0 Å². The van der Waals surface area contributed by atoms with Gasteiger partial charge in [0.1, 0.15) is 35.0 Å². The summed E-state index contributed by atoms with van der Waals surface area (Å²) in [5.74, 6) is 1.58. The monoisotopic (exact) mass is 689 g/mol. The molecule has 0 radical (unpaired) electrons. The van der Waals surface area contributed by atoms with E-state index in [1.54, 1.807) is 11.1 Å². The van der Waals surface area contributed by atoms with E-state index in [4.69, 9.17) is 28.6 Å². The van der Waals surface area contributed by atoms with Gasteiger partial charge < -0.3 is 28.8 Å². The molecule has 270 valence electrons. The molecule has 1 saturated carbocycles. The molecule has 1 saturated heterocycles. The highest BCUT2D eigenvalue weighted by atomic mass is 16.6. The Morgan fingerprint density at radius 1 is 1.10 bits per heavy atom. The molecule has 2 aromatic heterocycles. The van der Waals surface area contributed by atoms with E-state index in [0.29, 0.717) is 40.7 Å².